The average Bonchev–Trinajstić information content (AvgIpc) is 2.68. The van der Waals surface area contributed by atoms with Crippen molar-refractivity contribution in [3.05, 3.63) is 53.9 Å². The lowest BCUT2D eigenvalue weighted by Gasteiger charge is -2.32. The normalized spacial score (nSPS) is 14.4. The Hall–Kier alpha value is -2.89. The largest absolute Gasteiger partial charge is 0.354 e. The Balaban J connectivity index is 1.75. The van der Waals surface area contributed by atoms with Crippen LogP contribution in [-0.2, 0) is 4.79 Å². The quantitative estimate of drug-likeness (QED) is 0.841. The molecule has 2 aromatic rings. The summed E-state index contributed by atoms with van der Waals surface area (Å²) in [5.41, 5.74) is 3.58. The van der Waals surface area contributed by atoms with Crippen molar-refractivity contribution in [3.8, 4) is 0 Å². The van der Waals surface area contributed by atoms with E-state index in [2.05, 4.69) is 30.2 Å². The zero-order valence-electron chi connectivity index (χ0n) is 15.2. The fourth-order valence-electron chi connectivity index (χ4n) is 3.11. The van der Waals surface area contributed by atoms with Crippen LogP contribution >= 0.6 is 0 Å². The summed E-state index contributed by atoms with van der Waals surface area (Å²) in [7, 11) is 0. The highest BCUT2D eigenvalue weighted by Crippen LogP contribution is 2.27. The maximum absolute atomic E-state index is 12.7. The molecule has 6 heteroatoms. The molecule has 6 nitrogen and oxygen atoms in total. The second-order valence-corrected chi connectivity index (χ2v) is 6.76. The van der Waals surface area contributed by atoms with Gasteiger partial charge in [0.05, 0.1) is 17.4 Å². The number of rotatable bonds is 5. The number of amides is 2. The fraction of sp³-hybridized carbons (Fsp3) is 0.350. The molecular formula is C20H24N4O2. The molecule has 1 aromatic carbocycles. The van der Waals surface area contributed by atoms with Crippen molar-refractivity contribution in [3.63, 3.8) is 0 Å². The lowest BCUT2D eigenvalue weighted by atomic mass is 10.0. The van der Waals surface area contributed by atoms with Gasteiger partial charge in [0.2, 0.25) is 6.41 Å². The zero-order valence-corrected chi connectivity index (χ0v) is 15.2. The summed E-state index contributed by atoms with van der Waals surface area (Å²) in [5, 5.41) is 3.38. The fourth-order valence-corrected chi connectivity index (χ4v) is 3.11. The van der Waals surface area contributed by atoms with Gasteiger partial charge in [-0.2, -0.15) is 0 Å². The second-order valence-electron chi connectivity index (χ2n) is 6.76. The number of nitrogens with one attached hydrogen (secondary N) is 1. The highest BCUT2D eigenvalue weighted by Gasteiger charge is 2.21. The third-order valence-electron chi connectivity index (χ3n) is 4.60. The van der Waals surface area contributed by atoms with Crippen LogP contribution in [0.1, 0.15) is 35.7 Å². The Labute approximate surface area is 153 Å². The Kier molecular flexibility index (Phi) is 5.51. The lowest BCUT2D eigenvalue weighted by Crippen LogP contribution is -2.48. The average molecular weight is 352 g/mol. The summed E-state index contributed by atoms with van der Waals surface area (Å²) in [4.78, 5) is 31.2. The molecule has 0 atom stereocenters. The predicted molar refractivity (Wildman–Crippen MR) is 102 cm³/mol. The Bertz CT molecular complexity index is 783. The van der Waals surface area contributed by atoms with Gasteiger partial charge in [0.15, 0.2) is 0 Å². The molecule has 2 heterocycles. The van der Waals surface area contributed by atoms with Crippen LogP contribution in [0.3, 0.4) is 0 Å². The smallest absolute Gasteiger partial charge is 0.255 e. The Morgan fingerprint density at radius 3 is 2.58 bits per heavy atom. The summed E-state index contributed by atoms with van der Waals surface area (Å²) in [6.45, 7) is 6.54. The van der Waals surface area contributed by atoms with Gasteiger partial charge < -0.3 is 15.1 Å². The van der Waals surface area contributed by atoms with Crippen molar-refractivity contribution in [1.82, 2.24) is 14.8 Å². The van der Waals surface area contributed by atoms with E-state index in [4.69, 9.17) is 0 Å². The number of pyridine rings is 1. The minimum atomic E-state index is -0.0520. The van der Waals surface area contributed by atoms with Gasteiger partial charge in [-0.15, -0.1) is 0 Å². The van der Waals surface area contributed by atoms with Crippen molar-refractivity contribution in [2.24, 2.45) is 0 Å². The van der Waals surface area contributed by atoms with Crippen molar-refractivity contribution >= 4 is 23.7 Å². The molecule has 1 N–H and O–H groups in total. The van der Waals surface area contributed by atoms with Crippen LogP contribution in [0, 0.1) is 0 Å². The molecule has 1 aliphatic rings. The SMILES string of the molecule is CC(C)c1ccccc1Nc1cncc(C(=O)N2CCN(C=O)CC2)c1. The van der Waals surface area contributed by atoms with Gasteiger partial charge in [-0.3, -0.25) is 14.6 Å². The van der Waals surface area contributed by atoms with Crippen molar-refractivity contribution in [2.75, 3.05) is 31.5 Å². The molecule has 1 aromatic heterocycles. The Morgan fingerprint density at radius 2 is 1.88 bits per heavy atom. The first kappa shape index (κ1) is 17.9. The van der Waals surface area contributed by atoms with Gasteiger partial charge in [-0.25, -0.2) is 0 Å². The Morgan fingerprint density at radius 1 is 1.15 bits per heavy atom. The molecule has 26 heavy (non-hydrogen) atoms. The number of nitrogens with zero attached hydrogens (tertiary/aromatic N) is 3. The van der Waals surface area contributed by atoms with Crippen molar-refractivity contribution in [1.29, 1.82) is 0 Å². The monoisotopic (exact) mass is 352 g/mol. The first-order valence-corrected chi connectivity index (χ1v) is 8.88. The standard InChI is InChI=1S/C20H24N4O2/c1-15(2)18-5-3-4-6-19(18)22-17-11-16(12-21-13-17)20(26)24-9-7-23(14-25)8-10-24/h3-6,11-15,22H,7-10H2,1-2H3. The molecule has 136 valence electrons. The van der Waals surface area contributed by atoms with Crippen LogP contribution in [0.5, 0.6) is 0 Å². The molecule has 3 rings (SSSR count). The van der Waals surface area contributed by atoms with E-state index in [-0.39, 0.29) is 5.91 Å². The molecule has 0 spiro atoms. The van der Waals surface area contributed by atoms with Gasteiger partial charge in [0, 0.05) is 38.1 Å². The van der Waals surface area contributed by atoms with E-state index in [1.54, 1.807) is 22.2 Å². The summed E-state index contributed by atoms with van der Waals surface area (Å²) >= 11 is 0. The van der Waals surface area contributed by atoms with Gasteiger partial charge in [0.1, 0.15) is 0 Å². The predicted octanol–water partition coefficient (Wildman–Crippen LogP) is 2.86. The van der Waals surface area contributed by atoms with Crippen LogP contribution in [0.4, 0.5) is 11.4 Å². The van der Waals surface area contributed by atoms with Crippen LogP contribution < -0.4 is 5.32 Å². The molecule has 0 aliphatic carbocycles. The number of benzene rings is 1. The zero-order chi connectivity index (χ0) is 18.5. The summed E-state index contributed by atoms with van der Waals surface area (Å²) in [6, 6.07) is 9.98. The highest BCUT2D eigenvalue weighted by molar-refractivity contribution is 5.95. The summed E-state index contributed by atoms with van der Waals surface area (Å²) < 4.78 is 0. The second kappa shape index (κ2) is 7.99. The molecular weight excluding hydrogens is 328 g/mol. The summed E-state index contributed by atoms with van der Waals surface area (Å²) in [6.07, 6.45) is 4.15. The van der Waals surface area contributed by atoms with E-state index < -0.39 is 0 Å². The number of carbonyl (C=O) groups is 2. The number of anilines is 2. The first-order valence-electron chi connectivity index (χ1n) is 8.88. The third kappa shape index (κ3) is 4.02. The van der Waals surface area contributed by atoms with Crippen LogP contribution in [-0.4, -0.2) is 53.3 Å². The van der Waals surface area contributed by atoms with E-state index in [0.717, 1.165) is 17.8 Å². The van der Waals surface area contributed by atoms with E-state index in [9.17, 15) is 9.59 Å². The maximum atomic E-state index is 12.7. The topological polar surface area (TPSA) is 65.5 Å². The lowest BCUT2D eigenvalue weighted by molar-refractivity contribution is -0.119. The van der Waals surface area contributed by atoms with Gasteiger partial charge in [0.25, 0.3) is 5.91 Å². The van der Waals surface area contributed by atoms with E-state index in [0.29, 0.717) is 37.7 Å². The number of piperazine rings is 1. The number of aromatic nitrogens is 1. The summed E-state index contributed by atoms with van der Waals surface area (Å²) in [5.74, 6) is 0.342. The molecule has 0 bridgehead atoms. The molecule has 2 amide bonds. The molecule has 1 aliphatic heterocycles. The first-order chi connectivity index (χ1) is 12.6. The molecule has 0 unspecified atom stereocenters. The van der Waals surface area contributed by atoms with Gasteiger partial charge >= 0.3 is 0 Å². The number of hydrogen-bond acceptors (Lipinski definition) is 4. The van der Waals surface area contributed by atoms with E-state index >= 15 is 0 Å². The molecule has 1 fully saturated rings. The number of hydrogen-bond donors (Lipinski definition) is 1. The maximum Gasteiger partial charge on any atom is 0.255 e. The van der Waals surface area contributed by atoms with Gasteiger partial charge in [-0.1, -0.05) is 32.0 Å². The van der Waals surface area contributed by atoms with Crippen LogP contribution in [0.2, 0.25) is 0 Å². The minimum absolute atomic E-state index is 0.0520. The van der Waals surface area contributed by atoms with Crippen LogP contribution in [0.15, 0.2) is 42.7 Å². The molecule has 0 saturated carbocycles. The third-order valence-corrected chi connectivity index (χ3v) is 4.60. The van der Waals surface area contributed by atoms with Crippen molar-refractivity contribution < 1.29 is 9.59 Å². The minimum Gasteiger partial charge on any atom is -0.354 e. The molecule has 1 saturated heterocycles. The highest BCUT2D eigenvalue weighted by atomic mass is 16.2. The number of carbonyl (C=O) groups excluding carboxylic acids is 2. The van der Waals surface area contributed by atoms with Crippen molar-refractivity contribution in [2.45, 2.75) is 19.8 Å². The molecule has 0 radical (unpaired) electrons. The number of para-hydroxylation sites is 1. The van der Waals surface area contributed by atoms with E-state index in [1.807, 2.05) is 24.3 Å². The van der Waals surface area contributed by atoms with Crippen LogP contribution in [0.25, 0.3) is 0 Å². The van der Waals surface area contributed by atoms with E-state index in [1.165, 1.54) is 5.56 Å². The van der Waals surface area contributed by atoms with Gasteiger partial charge in [-0.05, 0) is 23.6 Å².